The molecule has 0 radical (unpaired) electrons. The highest BCUT2D eigenvalue weighted by Crippen LogP contribution is 2.20. The third kappa shape index (κ3) is 5.84. The zero-order valence-electron chi connectivity index (χ0n) is 20.5. The smallest absolute Gasteiger partial charge is 0.293 e. The maximum absolute atomic E-state index is 13.2. The highest BCUT2D eigenvalue weighted by Gasteiger charge is 2.42. The first-order chi connectivity index (χ1) is 18.3. The monoisotopic (exact) mass is 517 g/mol. The Labute approximate surface area is 218 Å². The van der Waals surface area contributed by atoms with E-state index in [1.165, 1.54) is 12.1 Å². The average molecular weight is 518 g/mol. The van der Waals surface area contributed by atoms with Crippen LogP contribution in [0.1, 0.15) is 33.6 Å². The van der Waals surface area contributed by atoms with Crippen LogP contribution < -0.4 is 21.3 Å². The Kier molecular flexibility index (Phi) is 8.07. The summed E-state index contributed by atoms with van der Waals surface area (Å²) in [4.78, 5) is 61.5. The van der Waals surface area contributed by atoms with Crippen LogP contribution in [0.5, 0.6) is 0 Å². The van der Waals surface area contributed by atoms with Gasteiger partial charge in [-0.1, -0.05) is 36.4 Å². The van der Waals surface area contributed by atoms with Crippen LogP contribution in [0.4, 0.5) is 5.69 Å². The zero-order chi connectivity index (χ0) is 27.1. The molecule has 0 bridgehead atoms. The molecule has 0 saturated carbocycles. The molecule has 38 heavy (non-hydrogen) atoms. The largest absolute Gasteiger partial charge is 0.352 e. The highest BCUT2D eigenvalue weighted by atomic mass is 16.6. The maximum atomic E-state index is 13.2. The molecule has 3 aromatic carbocycles. The number of carbonyl (C=O) groups is 4. The van der Waals surface area contributed by atoms with Gasteiger partial charge in [0.2, 0.25) is 11.7 Å². The molecule has 4 N–H and O–H groups in total. The molecule has 4 rings (SSSR count). The van der Waals surface area contributed by atoms with Gasteiger partial charge in [0.05, 0.1) is 4.92 Å². The van der Waals surface area contributed by atoms with Gasteiger partial charge in [-0.05, 0) is 54.9 Å². The molecular weight excluding hydrogens is 490 g/mol. The first-order valence-corrected chi connectivity index (χ1v) is 12.2. The first-order valence-electron chi connectivity index (χ1n) is 12.2. The number of hydrogen-bond acceptors (Lipinski definition) is 7. The molecule has 0 atom stereocenters. The molecule has 1 saturated heterocycles. The van der Waals surface area contributed by atoms with Gasteiger partial charge in [0, 0.05) is 36.3 Å². The molecule has 196 valence electrons. The Bertz CT molecular complexity index is 1380. The minimum absolute atomic E-state index is 0.0197. The summed E-state index contributed by atoms with van der Waals surface area (Å²) < 4.78 is 0. The van der Waals surface area contributed by atoms with Gasteiger partial charge in [0.15, 0.2) is 0 Å². The Balaban J connectivity index is 1.35. The van der Waals surface area contributed by atoms with Crippen molar-refractivity contribution in [3.8, 4) is 0 Å². The summed E-state index contributed by atoms with van der Waals surface area (Å²) >= 11 is 0. The molecule has 1 aliphatic heterocycles. The van der Waals surface area contributed by atoms with Gasteiger partial charge >= 0.3 is 0 Å². The summed E-state index contributed by atoms with van der Waals surface area (Å²) in [5.74, 6) is -2.59. The quantitative estimate of drug-likeness (QED) is 0.111. The SMILES string of the molecule is O=C(NC1(C(=O)NCCNC(=O)c2cccc3ccccc23)CCNCC1)C(=O)c1ccc([N+](=O)[O-])cc1. The van der Waals surface area contributed by atoms with Crippen LogP contribution in [-0.2, 0) is 9.59 Å². The predicted octanol–water partition coefficient (Wildman–Crippen LogP) is 1.72. The molecule has 11 heteroatoms. The average Bonchev–Trinajstić information content (AvgIpc) is 2.94. The van der Waals surface area contributed by atoms with Crippen molar-refractivity contribution in [2.24, 2.45) is 0 Å². The second kappa shape index (κ2) is 11.6. The molecule has 1 aliphatic rings. The lowest BCUT2D eigenvalue weighted by Gasteiger charge is -2.36. The first kappa shape index (κ1) is 26.4. The van der Waals surface area contributed by atoms with Crippen LogP contribution in [0.3, 0.4) is 0 Å². The van der Waals surface area contributed by atoms with Crippen molar-refractivity contribution >= 4 is 40.0 Å². The lowest BCUT2D eigenvalue weighted by atomic mass is 9.86. The number of non-ortho nitro benzene ring substituents is 1. The van der Waals surface area contributed by atoms with Crippen molar-refractivity contribution in [1.29, 1.82) is 0 Å². The van der Waals surface area contributed by atoms with Gasteiger partial charge in [-0.3, -0.25) is 29.3 Å². The predicted molar refractivity (Wildman–Crippen MR) is 140 cm³/mol. The number of nitro groups is 1. The molecular formula is C27H27N5O6. The minimum atomic E-state index is -1.31. The minimum Gasteiger partial charge on any atom is -0.352 e. The van der Waals surface area contributed by atoms with Crippen molar-refractivity contribution in [3.05, 3.63) is 88.0 Å². The van der Waals surface area contributed by atoms with Gasteiger partial charge in [0.25, 0.3) is 17.5 Å². The van der Waals surface area contributed by atoms with Crippen LogP contribution in [0.2, 0.25) is 0 Å². The van der Waals surface area contributed by atoms with Crippen LogP contribution >= 0.6 is 0 Å². The Morgan fingerprint density at radius 2 is 1.53 bits per heavy atom. The normalized spacial score (nSPS) is 14.3. The molecule has 3 amide bonds. The van der Waals surface area contributed by atoms with E-state index in [1.54, 1.807) is 12.1 Å². The second-order valence-electron chi connectivity index (χ2n) is 8.96. The number of ketones is 1. The Morgan fingerprint density at radius 3 is 2.24 bits per heavy atom. The number of piperidine rings is 1. The Hall–Kier alpha value is -4.64. The fourth-order valence-electron chi connectivity index (χ4n) is 4.44. The number of nitrogens with zero attached hydrogens (tertiary/aromatic N) is 1. The van der Waals surface area contributed by atoms with Crippen molar-refractivity contribution in [2.75, 3.05) is 26.2 Å². The van der Waals surface area contributed by atoms with Gasteiger partial charge in [-0.2, -0.15) is 0 Å². The van der Waals surface area contributed by atoms with E-state index in [0.717, 1.165) is 22.9 Å². The van der Waals surface area contributed by atoms with E-state index < -0.39 is 28.1 Å². The van der Waals surface area contributed by atoms with E-state index in [1.807, 2.05) is 30.3 Å². The fourth-order valence-corrected chi connectivity index (χ4v) is 4.44. The summed E-state index contributed by atoms with van der Waals surface area (Å²) in [5.41, 5.74) is -1.00. The number of rotatable bonds is 9. The number of carbonyl (C=O) groups excluding carboxylic acids is 4. The van der Waals surface area contributed by atoms with Crippen LogP contribution in [0, 0.1) is 10.1 Å². The van der Waals surface area contributed by atoms with Gasteiger partial charge in [-0.25, -0.2) is 0 Å². The number of amides is 3. The number of nitro benzene ring substituents is 1. The molecule has 0 unspecified atom stereocenters. The van der Waals surface area contributed by atoms with Crippen molar-refractivity contribution in [3.63, 3.8) is 0 Å². The van der Waals surface area contributed by atoms with E-state index in [-0.39, 0.29) is 43.1 Å². The number of nitrogens with one attached hydrogen (secondary N) is 4. The molecule has 0 aromatic heterocycles. The van der Waals surface area contributed by atoms with Crippen LogP contribution in [0.25, 0.3) is 10.8 Å². The molecule has 1 heterocycles. The lowest BCUT2D eigenvalue weighted by molar-refractivity contribution is -0.384. The van der Waals surface area contributed by atoms with E-state index in [2.05, 4.69) is 21.3 Å². The van der Waals surface area contributed by atoms with Gasteiger partial charge in [0.1, 0.15) is 5.54 Å². The van der Waals surface area contributed by atoms with Crippen molar-refractivity contribution in [1.82, 2.24) is 21.3 Å². The molecule has 11 nitrogen and oxygen atoms in total. The number of Topliss-reactive ketones (excluding diaryl/α,β-unsaturated/α-hetero) is 1. The molecule has 0 spiro atoms. The van der Waals surface area contributed by atoms with Crippen LogP contribution in [-0.4, -0.2) is 60.1 Å². The third-order valence-corrected chi connectivity index (χ3v) is 6.52. The zero-order valence-corrected chi connectivity index (χ0v) is 20.5. The maximum Gasteiger partial charge on any atom is 0.293 e. The number of benzene rings is 3. The molecule has 3 aromatic rings. The lowest BCUT2D eigenvalue weighted by Crippen LogP contribution is -2.64. The second-order valence-corrected chi connectivity index (χ2v) is 8.96. The summed E-state index contributed by atoms with van der Waals surface area (Å²) in [6.07, 6.45) is 0.529. The number of fused-ring (bicyclic) bond motifs is 1. The Morgan fingerprint density at radius 1 is 0.868 bits per heavy atom. The van der Waals surface area contributed by atoms with Crippen molar-refractivity contribution < 1.29 is 24.1 Å². The molecule has 1 fully saturated rings. The highest BCUT2D eigenvalue weighted by molar-refractivity contribution is 6.43. The fraction of sp³-hybridized carbons (Fsp3) is 0.259. The van der Waals surface area contributed by atoms with E-state index >= 15 is 0 Å². The third-order valence-electron chi connectivity index (χ3n) is 6.52. The van der Waals surface area contributed by atoms with E-state index in [9.17, 15) is 29.3 Å². The summed E-state index contributed by atoms with van der Waals surface area (Å²) in [6.45, 7) is 1.20. The number of hydrogen-bond donors (Lipinski definition) is 4. The summed E-state index contributed by atoms with van der Waals surface area (Å²) in [6, 6.07) is 17.7. The van der Waals surface area contributed by atoms with Gasteiger partial charge < -0.3 is 21.3 Å². The standard InChI is InChI=1S/C27H27N5O6/c33-23(19-8-10-20(11-9-19)32(37)38)25(35)31-27(12-14-28-15-13-27)26(36)30-17-16-29-24(34)22-7-3-5-18-4-1-2-6-21(18)22/h1-11,28H,12-17H2,(H,29,34)(H,30,36)(H,31,35). The van der Waals surface area contributed by atoms with E-state index in [0.29, 0.717) is 18.7 Å². The van der Waals surface area contributed by atoms with Gasteiger partial charge in [-0.15, -0.1) is 0 Å². The van der Waals surface area contributed by atoms with Crippen molar-refractivity contribution in [2.45, 2.75) is 18.4 Å². The summed E-state index contributed by atoms with van der Waals surface area (Å²) in [5, 5.41) is 23.9. The van der Waals surface area contributed by atoms with E-state index in [4.69, 9.17) is 0 Å². The molecule has 0 aliphatic carbocycles. The topological polar surface area (TPSA) is 160 Å². The van der Waals surface area contributed by atoms with Crippen LogP contribution in [0.15, 0.2) is 66.7 Å². The summed E-state index contributed by atoms with van der Waals surface area (Å²) in [7, 11) is 0.